The summed E-state index contributed by atoms with van der Waals surface area (Å²) in [7, 11) is 0. The van der Waals surface area contributed by atoms with Crippen LogP contribution in [0.4, 0.5) is 5.69 Å². The topological polar surface area (TPSA) is 42.0 Å². The van der Waals surface area contributed by atoms with Gasteiger partial charge in [-0.05, 0) is 17.5 Å². The van der Waals surface area contributed by atoms with Gasteiger partial charge < -0.3 is 5.32 Å². The highest BCUT2D eigenvalue weighted by Crippen LogP contribution is 2.30. The molecule has 0 radical (unpaired) electrons. The molecule has 0 aliphatic carbocycles. The van der Waals surface area contributed by atoms with Gasteiger partial charge in [-0.2, -0.15) is 0 Å². The van der Waals surface area contributed by atoms with Crippen molar-refractivity contribution in [3.05, 3.63) is 60.0 Å². The third kappa shape index (κ3) is 4.77. The molecule has 0 aliphatic heterocycles. The van der Waals surface area contributed by atoms with Crippen molar-refractivity contribution in [3.63, 3.8) is 0 Å². The minimum atomic E-state index is -0.0266. The van der Waals surface area contributed by atoms with Crippen molar-refractivity contribution in [2.24, 2.45) is 5.41 Å². The van der Waals surface area contributed by atoms with Crippen molar-refractivity contribution in [2.45, 2.75) is 27.2 Å². The highest BCUT2D eigenvalue weighted by Gasteiger charge is 2.16. The molecule has 3 aromatic rings. The molecular formula is C21H22N2OS. The molecule has 3 rings (SSSR count). The van der Waals surface area contributed by atoms with Gasteiger partial charge in [0.15, 0.2) is 0 Å². The molecule has 4 heteroatoms. The molecule has 0 saturated heterocycles. The molecular weight excluding hydrogens is 328 g/mol. The zero-order chi connectivity index (χ0) is 17.9. The van der Waals surface area contributed by atoms with Gasteiger partial charge in [-0.25, -0.2) is 4.98 Å². The summed E-state index contributed by atoms with van der Waals surface area (Å²) in [5, 5.41) is 6.04. The zero-order valence-corrected chi connectivity index (χ0v) is 15.6. The number of carbonyl (C=O) groups is 1. The minimum absolute atomic E-state index is 0.0266. The summed E-state index contributed by atoms with van der Waals surface area (Å²) >= 11 is 1.63. The summed E-state index contributed by atoms with van der Waals surface area (Å²) in [6.07, 6.45) is 0.492. The van der Waals surface area contributed by atoms with E-state index in [1.807, 2.05) is 42.5 Å². The average molecular weight is 350 g/mol. The second-order valence-electron chi connectivity index (χ2n) is 7.27. The van der Waals surface area contributed by atoms with Crippen molar-refractivity contribution < 1.29 is 4.79 Å². The maximum atomic E-state index is 12.1. The Bertz CT molecular complexity index is 863. The number of amides is 1. The Morgan fingerprint density at radius 1 is 1.04 bits per heavy atom. The SMILES string of the molecule is CC(C)(C)CC(=O)Nc1cccc(-c2csc(-c3ccccc3)n2)c1. The number of hydrogen-bond acceptors (Lipinski definition) is 3. The predicted molar refractivity (Wildman–Crippen MR) is 106 cm³/mol. The molecule has 0 unspecified atom stereocenters. The van der Waals surface area contributed by atoms with Gasteiger partial charge in [0.1, 0.15) is 5.01 Å². The molecule has 1 N–H and O–H groups in total. The highest BCUT2D eigenvalue weighted by atomic mass is 32.1. The average Bonchev–Trinajstić information content (AvgIpc) is 3.04. The van der Waals surface area contributed by atoms with E-state index in [2.05, 4.69) is 43.6 Å². The van der Waals surface area contributed by atoms with E-state index < -0.39 is 0 Å². The lowest BCUT2D eigenvalue weighted by Gasteiger charge is -2.17. The van der Waals surface area contributed by atoms with Crippen LogP contribution in [-0.4, -0.2) is 10.9 Å². The maximum Gasteiger partial charge on any atom is 0.224 e. The molecule has 0 aliphatic rings. The van der Waals surface area contributed by atoms with E-state index in [1.165, 1.54) is 0 Å². The molecule has 0 spiro atoms. The largest absolute Gasteiger partial charge is 0.326 e. The minimum Gasteiger partial charge on any atom is -0.326 e. The first-order valence-corrected chi connectivity index (χ1v) is 9.20. The van der Waals surface area contributed by atoms with Gasteiger partial charge in [-0.15, -0.1) is 11.3 Å². The highest BCUT2D eigenvalue weighted by molar-refractivity contribution is 7.13. The smallest absolute Gasteiger partial charge is 0.224 e. The number of aromatic nitrogens is 1. The van der Waals surface area contributed by atoms with Crippen molar-refractivity contribution in [1.82, 2.24) is 4.98 Å². The second-order valence-corrected chi connectivity index (χ2v) is 8.13. The normalized spacial score (nSPS) is 11.3. The van der Waals surface area contributed by atoms with Crippen LogP contribution in [0, 0.1) is 5.41 Å². The molecule has 0 bridgehead atoms. The van der Waals surface area contributed by atoms with Crippen molar-refractivity contribution >= 4 is 22.9 Å². The van der Waals surface area contributed by atoms with Gasteiger partial charge in [0.2, 0.25) is 5.91 Å². The summed E-state index contributed by atoms with van der Waals surface area (Å²) in [5.74, 6) is 0.0351. The summed E-state index contributed by atoms with van der Waals surface area (Å²) in [6, 6.07) is 18.0. The Labute approximate surface area is 152 Å². The molecule has 0 atom stereocenters. The van der Waals surface area contributed by atoms with Gasteiger partial charge in [0.05, 0.1) is 5.69 Å². The molecule has 1 aromatic heterocycles. The van der Waals surface area contributed by atoms with Crippen LogP contribution in [0.5, 0.6) is 0 Å². The molecule has 1 heterocycles. The number of nitrogens with one attached hydrogen (secondary N) is 1. The summed E-state index contributed by atoms with van der Waals surface area (Å²) in [4.78, 5) is 16.9. The number of nitrogens with zero attached hydrogens (tertiary/aromatic N) is 1. The number of carbonyl (C=O) groups excluding carboxylic acids is 1. The Hall–Kier alpha value is -2.46. The zero-order valence-electron chi connectivity index (χ0n) is 14.7. The summed E-state index contributed by atoms with van der Waals surface area (Å²) < 4.78 is 0. The van der Waals surface area contributed by atoms with Crippen LogP contribution in [0.25, 0.3) is 21.8 Å². The van der Waals surface area contributed by atoms with Crippen molar-refractivity contribution in [2.75, 3.05) is 5.32 Å². The quantitative estimate of drug-likeness (QED) is 0.641. The third-order valence-electron chi connectivity index (χ3n) is 3.66. The van der Waals surface area contributed by atoms with Crippen LogP contribution in [-0.2, 0) is 4.79 Å². The van der Waals surface area contributed by atoms with E-state index in [4.69, 9.17) is 4.98 Å². The number of benzene rings is 2. The fourth-order valence-electron chi connectivity index (χ4n) is 2.56. The third-order valence-corrected chi connectivity index (χ3v) is 4.55. The van der Waals surface area contributed by atoms with Gasteiger partial charge in [-0.1, -0.05) is 63.2 Å². The Kier molecular flexibility index (Phi) is 5.00. The Morgan fingerprint density at radius 2 is 1.76 bits per heavy atom. The van der Waals surface area contributed by atoms with Crippen LogP contribution >= 0.6 is 11.3 Å². The lowest BCUT2D eigenvalue weighted by Crippen LogP contribution is -2.19. The monoisotopic (exact) mass is 350 g/mol. The van der Waals surface area contributed by atoms with Crippen LogP contribution in [0.2, 0.25) is 0 Å². The molecule has 0 fully saturated rings. The summed E-state index contributed by atoms with van der Waals surface area (Å²) in [6.45, 7) is 6.18. The molecule has 0 saturated carbocycles. The van der Waals surface area contributed by atoms with E-state index >= 15 is 0 Å². The fourth-order valence-corrected chi connectivity index (χ4v) is 3.40. The van der Waals surface area contributed by atoms with Crippen molar-refractivity contribution in [3.8, 4) is 21.8 Å². The first kappa shape index (κ1) is 17.4. The standard InChI is InChI=1S/C21H22N2OS/c1-21(2,3)13-19(24)22-17-11-7-10-16(12-17)18-14-25-20(23-18)15-8-5-4-6-9-15/h4-12,14H,13H2,1-3H3,(H,22,24). The molecule has 128 valence electrons. The van der Waals surface area contributed by atoms with E-state index in [-0.39, 0.29) is 11.3 Å². The number of rotatable bonds is 4. The molecule has 25 heavy (non-hydrogen) atoms. The molecule has 3 nitrogen and oxygen atoms in total. The van der Waals surface area contributed by atoms with Gasteiger partial charge in [0.25, 0.3) is 0 Å². The van der Waals surface area contributed by atoms with Gasteiger partial charge in [0, 0.05) is 28.6 Å². The Morgan fingerprint density at radius 3 is 2.48 bits per heavy atom. The summed E-state index contributed by atoms with van der Waals surface area (Å²) in [5.41, 5.74) is 3.83. The number of anilines is 1. The lowest BCUT2D eigenvalue weighted by molar-refractivity contribution is -0.117. The van der Waals surface area contributed by atoms with Gasteiger partial charge >= 0.3 is 0 Å². The van der Waals surface area contributed by atoms with E-state index in [0.29, 0.717) is 6.42 Å². The van der Waals surface area contributed by atoms with Crippen LogP contribution < -0.4 is 5.32 Å². The van der Waals surface area contributed by atoms with Gasteiger partial charge in [-0.3, -0.25) is 4.79 Å². The number of hydrogen-bond donors (Lipinski definition) is 1. The lowest BCUT2D eigenvalue weighted by atomic mass is 9.92. The predicted octanol–water partition coefficient (Wildman–Crippen LogP) is 5.85. The van der Waals surface area contributed by atoms with Crippen LogP contribution in [0.3, 0.4) is 0 Å². The molecule has 1 amide bonds. The first-order chi connectivity index (χ1) is 11.9. The first-order valence-electron chi connectivity index (χ1n) is 8.32. The van der Waals surface area contributed by atoms with E-state index in [0.717, 1.165) is 27.5 Å². The number of thiazole rings is 1. The maximum absolute atomic E-state index is 12.1. The van der Waals surface area contributed by atoms with Crippen LogP contribution in [0.15, 0.2) is 60.0 Å². The Balaban J connectivity index is 1.78. The van der Waals surface area contributed by atoms with Crippen molar-refractivity contribution in [1.29, 1.82) is 0 Å². The molecule has 2 aromatic carbocycles. The van der Waals surface area contributed by atoms with E-state index in [9.17, 15) is 4.79 Å². The van der Waals surface area contributed by atoms with Crippen LogP contribution in [0.1, 0.15) is 27.2 Å². The second kappa shape index (κ2) is 7.19. The van der Waals surface area contributed by atoms with E-state index in [1.54, 1.807) is 11.3 Å². The fraction of sp³-hybridized carbons (Fsp3) is 0.238.